The van der Waals surface area contributed by atoms with Gasteiger partial charge in [0.25, 0.3) is 5.91 Å². The molecule has 3 amide bonds. The van der Waals surface area contributed by atoms with Gasteiger partial charge in [-0.05, 0) is 43.7 Å². The molecule has 1 aliphatic heterocycles. The van der Waals surface area contributed by atoms with E-state index in [1.54, 1.807) is 37.3 Å². The second kappa shape index (κ2) is 10.3. The number of allylic oxidation sites excluding steroid dienone is 1. The van der Waals surface area contributed by atoms with Gasteiger partial charge in [0.1, 0.15) is 0 Å². The first kappa shape index (κ1) is 22.7. The van der Waals surface area contributed by atoms with E-state index in [2.05, 4.69) is 20.7 Å². The summed E-state index contributed by atoms with van der Waals surface area (Å²) in [6.07, 6.45) is 0. The molecule has 32 heavy (non-hydrogen) atoms. The van der Waals surface area contributed by atoms with Gasteiger partial charge in [-0.15, -0.1) is 0 Å². The summed E-state index contributed by atoms with van der Waals surface area (Å²) in [5, 5.41) is 8.29. The summed E-state index contributed by atoms with van der Waals surface area (Å²) in [6.45, 7) is 3.56. The van der Waals surface area contributed by atoms with Crippen LogP contribution < -0.4 is 25.4 Å². The third-order valence-corrected chi connectivity index (χ3v) is 4.72. The number of hydrogen-bond donors (Lipinski definition) is 3. The van der Waals surface area contributed by atoms with Crippen LogP contribution in [0.15, 0.2) is 59.8 Å². The highest BCUT2D eigenvalue weighted by molar-refractivity contribution is 6.06. The minimum Gasteiger partial charge on any atom is -0.490 e. The van der Waals surface area contributed by atoms with Gasteiger partial charge < -0.3 is 30.2 Å². The van der Waals surface area contributed by atoms with E-state index in [1.165, 1.54) is 7.11 Å². The van der Waals surface area contributed by atoms with Gasteiger partial charge in [-0.2, -0.15) is 0 Å². The summed E-state index contributed by atoms with van der Waals surface area (Å²) in [5.74, 6) is -0.157. The van der Waals surface area contributed by atoms with Crippen molar-refractivity contribution >= 4 is 23.6 Å². The SMILES string of the molecule is CCOc1cc([C@H]2NC(=O)NC(C)=C2C(=O)Nc2ccccc2)ccc1OCC(=O)OC. The molecule has 0 radical (unpaired) electrons. The van der Waals surface area contributed by atoms with Crippen LogP contribution in [0.4, 0.5) is 10.5 Å². The summed E-state index contributed by atoms with van der Waals surface area (Å²) in [5.41, 5.74) is 2.05. The van der Waals surface area contributed by atoms with E-state index in [1.807, 2.05) is 25.1 Å². The van der Waals surface area contributed by atoms with E-state index < -0.39 is 18.0 Å². The summed E-state index contributed by atoms with van der Waals surface area (Å²) in [6, 6.07) is 12.9. The fraction of sp³-hybridized carbons (Fsp3) is 0.261. The van der Waals surface area contributed by atoms with Crippen molar-refractivity contribution in [2.24, 2.45) is 0 Å². The monoisotopic (exact) mass is 439 g/mol. The zero-order valence-electron chi connectivity index (χ0n) is 18.1. The number of amides is 3. The van der Waals surface area contributed by atoms with E-state index >= 15 is 0 Å². The lowest BCUT2D eigenvalue weighted by Crippen LogP contribution is -2.46. The Kier molecular flexibility index (Phi) is 7.33. The molecule has 0 saturated carbocycles. The highest BCUT2D eigenvalue weighted by atomic mass is 16.6. The first-order valence-electron chi connectivity index (χ1n) is 10.0. The molecule has 0 aromatic heterocycles. The minimum atomic E-state index is -0.721. The number of rotatable bonds is 8. The summed E-state index contributed by atoms with van der Waals surface area (Å²) < 4.78 is 15.7. The Morgan fingerprint density at radius 3 is 2.50 bits per heavy atom. The maximum Gasteiger partial charge on any atom is 0.343 e. The number of nitrogens with one attached hydrogen (secondary N) is 3. The predicted molar refractivity (Wildman–Crippen MR) is 117 cm³/mol. The lowest BCUT2D eigenvalue weighted by atomic mass is 9.94. The van der Waals surface area contributed by atoms with Crippen LogP contribution in [0.2, 0.25) is 0 Å². The average molecular weight is 439 g/mol. The minimum absolute atomic E-state index is 0.274. The number of benzene rings is 2. The van der Waals surface area contributed by atoms with E-state index in [9.17, 15) is 14.4 Å². The summed E-state index contributed by atoms with van der Waals surface area (Å²) >= 11 is 0. The van der Waals surface area contributed by atoms with E-state index in [-0.39, 0.29) is 12.5 Å². The molecule has 0 fully saturated rings. The molecule has 2 aromatic rings. The van der Waals surface area contributed by atoms with Crippen LogP contribution >= 0.6 is 0 Å². The van der Waals surface area contributed by atoms with Gasteiger partial charge in [0.2, 0.25) is 0 Å². The molecule has 0 unspecified atom stereocenters. The Balaban J connectivity index is 1.92. The number of methoxy groups -OCH3 is 1. The van der Waals surface area contributed by atoms with Crippen LogP contribution in [0.3, 0.4) is 0 Å². The summed E-state index contributed by atoms with van der Waals surface area (Å²) in [7, 11) is 1.27. The molecule has 9 nitrogen and oxygen atoms in total. The number of carbonyl (C=O) groups excluding carboxylic acids is 3. The van der Waals surface area contributed by atoms with Gasteiger partial charge in [-0.25, -0.2) is 9.59 Å². The number of hydrogen-bond acceptors (Lipinski definition) is 6. The van der Waals surface area contributed by atoms with E-state index in [4.69, 9.17) is 9.47 Å². The Morgan fingerprint density at radius 1 is 1.06 bits per heavy atom. The Labute approximate surface area is 185 Å². The molecule has 0 aliphatic carbocycles. The molecule has 3 rings (SSSR count). The number of anilines is 1. The van der Waals surface area contributed by atoms with Crippen molar-refractivity contribution in [3.8, 4) is 11.5 Å². The van der Waals surface area contributed by atoms with Crippen LogP contribution in [0, 0.1) is 0 Å². The molecule has 0 saturated heterocycles. The number of esters is 1. The largest absolute Gasteiger partial charge is 0.490 e. The number of carbonyl (C=O) groups is 3. The molecular weight excluding hydrogens is 414 g/mol. The molecule has 0 bridgehead atoms. The van der Waals surface area contributed by atoms with Crippen LogP contribution in [0.1, 0.15) is 25.5 Å². The van der Waals surface area contributed by atoms with Crippen LogP contribution in [0.5, 0.6) is 11.5 Å². The summed E-state index contributed by atoms with van der Waals surface area (Å²) in [4.78, 5) is 36.7. The topological polar surface area (TPSA) is 115 Å². The molecule has 0 spiro atoms. The standard InChI is InChI=1S/C23H25N3O6/c1-4-31-18-12-15(10-11-17(18)32-13-19(27)30-3)21-20(14(2)24-23(29)26-21)22(28)25-16-8-6-5-7-9-16/h5-12,21H,4,13H2,1-3H3,(H,25,28)(H2,24,26,29)/t21-/m1/s1. The van der Waals surface area contributed by atoms with E-state index in [0.29, 0.717) is 40.6 Å². The van der Waals surface area contributed by atoms with Crippen molar-refractivity contribution < 1.29 is 28.6 Å². The van der Waals surface area contributed by atoms with Gasteiger partial charge in [-0.1, -0.05) is 24.3 Å². The maximum atomic E-state index is 13.1. The van der Waals surface area contributed by atoms with Gasteiger partial charge >= 0.3 is 12.0 Å². The third kappa shape index (κ3) is 5.37. The number of para-hydroxylation sites is 1. The Bertz CT molecular complexity index is 1040. The van der Waals surface area contributed by atoms with Gasteiger partial charge in [0.15, 0.2) is 18.1 Å². The first-order chi connectivity index (χ1) is 15.4. The second-order valence-corrected chi connectivity index (χ2v) is 6.89. The third-order valence-electron chi connectivity index (χ3n) is 4.72. The highest BCUT2D eigenvalue weighted by Crippen LogP contribution is 2.35. The fourth-order valence-corrected chi connectivity index (χ4v) is 3.25. The number of ether oxygens (including phenoxy) is 3. The molecule has 1 heterocycles. The fourth-order valence-electron chi connectivity index (χ4n) is 3.25. The molecule has 3 N–H and O–H groups in total. The van der Waals surface area contributed by atoms with Gasteiger partial charge in [0, 0.05) is 11.4 Å². The molecule has 1 aliphatic rings. The Hall–Kier alpha value is -4.01. The van der Waals surface area contributed by atoms with Crippen molar-refractivity contribution in [1.29, 1.82) is 0 Å². The van der Waals surface area contributed by atoms with Crippen molar-refractivity contribution in [2.75, 3.05) is 25.6 Å². The lowest BCUT2D eigenvalue weighted by molar-refractivity contribution is -0.142. The van der Waals surface area contributed by atoms with Crippen molar-refractivity contribution in [2.45, 2.75) is 19.9 Å². The number of urea groups is 1. The van der Waals surface area contributed by atoms with Gasteiger partial charge in [0.05, 0.1) is 25.3 Å². The lowest BCUT2D eigenvalue weighted by Gasteiger charge is -2.29. The quantitative estimate of drug-likeness (QED) is 0.545. The second-order valence-electron chi connectivity index (χ2n) is 6.89. The molecular formula is C23H25N3O6. The predicted octanol–water partition coefficient (Wildman–Crippen LogP) is 2.90. The maximum absolute atomic E-state index is 13.1. The highest BCUT2D eigenvalue weighted by Gasteiger charge is 2.32. The van der Waals surface area contributed by atoms with Crippen LogP contribution in [-0.4, -0.2) is 38.2 Å². The molecule has 9 heteroatoms. The van der Waals surface area contributed by atoms with Crippen molar-refractivity contribution in [1.82, 2.24) is 10.6 Å². The Morgan fingerprint density at radius 2 is 1.81 bits per heavy atom. The van der Waals surface area contributed by atoms with Crippen LogP contribution in [0.25, 0.3) is 0 Å². The molecule has 2 aromatic carbocycles. The smallest absolute Gasteiger partial charge is 0.343 e. The zero-order valence-corrected chi connectivity index (χ0v) is 18.1. The molecule has 1 atom stereocenters. The van der Waals surface area contributed by atoms with Crippen molar-refractivity contribution in [3.05, 3.63) is 65.4 Å². The normalized spacial score (nSPS) is 15.3. The van der Waals surface area contributed by atoms with Crippen molar-refractivity contribution in [3.63, 3.8) is 0 Å². The zero-order chi connectivity index (χ0) is 23.1. The average Bonchev–Trinajstić information content (AvgIpc) is 2.78. The first-order valence-corrected chi connectivity index (χ1v) is 10.0. The molecule has 168 valence electrons. The van der Waals surface area contributed by atoms with Crippen LogP contribution in [-0.2, 0) is 14.3 Å². The van der Waals surface area contributed by atoms with Gasteiger partial charge in [-0.3, -0.25) is 4.79 Å². The van der Waals surface area contributed by atoms with E-state index in [0.717, 1.165) is 0 Å².